The van der Waals surface area contributed by atoms with E-state index in [-0.39, 0.29) is 0 Å². The summed E-state index contributed by atoms with van der Waals surface area (Å²) in [6.07, 6.45) is 3.41. The van der Waals surface area contributed by atoms with Crippen molar-refractivity contribution >= 4 is 11.6 Å². The van der Waals surface area contributed by atoms with Gasteiger partial charge in [0.05, 0.1) is 33.0 Å². The van der Waals surface area contributed by atoms with E-state index in [1.165, 1.54) is 0 Å². The Morgan fingerprint density at radius 3 is 2.36 bits per heavy atom. The topological polar surface area (TPSA) is 64.4 Å². The SMILES string of the molecule is COc1ccc(/C=C(\C#N)c2ccc(OC)c(OC)c2)cn1. The molecule has 1 aromatic carbocycles. The number of allylic oxidation sites excluding steroid dienone is 1. The lowest BCUT2D eigenvalue weighted by Crippen LogP contribution is -1.92. The van der Waals surface area contributed by atoms with Crippen LogP contribution < -0.4 is 14.2 Å². The largest absolute Gasteiger partial charge is 0.493 e. The molecule has 1 aromatic heterocycles. The third-order valence-corrected chi connectivity index (χ3v) is 3.09. The number of benzene rings is 1. The lowest BCUT2D eigenvalue weighted by Gasteiger charge is -2.09. The molecular weight excluding hydrogens is 280 g/mol. The smallest absolute Gasteiger partial charge is 0.212 e. The molecule has 0 unspecified atom stereocenters. The molecule has 0 bridgehead atoms. The van der Waals surface area contributed by atoms with Crippen LogP contribution in [-0.2, 0) is 0 Å². The van der Waals surface area contributed by atoms with Crippen molar-refractivity contribution in [1.82, 2.24) is 4.98 Å². The first-order valence-electron chi connectivity index (χ1n) is 6.56. The van der Waals surface area contributed by atoms with Crippen LogP contribution in [0, 0.1) is 11.3 Å². The van der Waals surface area contributed by atoms with Crippen molar-refractivity contribution in [1.29, 1.82) is 5.26 Å². The first-order chi connectivity index (χ1) is 10.7. The fourth-order valence-electron chi connectivity index (χ4n) is 1.95. The normalized spacial score (nSPS) is 10.7. The number of nitrogens with zero attached hydrogens (tertiary/aromatic N) is 2. The summed E-state index contributed by atoms with van der Waals surface area (Å²) in [6.45, 7) is 0. The van der Waals surface area contributed by atoms with E-state index in [2.05, 4.69) is 11.1 Å². The number of hydrogen-bond donors (Lipinski definition) is 0. The van der Waals surface area contributed by atoms with E-state index >= 15 is 0 Å². The van der Waals surface area contributed by atoms with Gasteiger partial charge >= 0.3 is 0 Å². The molecule has 2 rings (SSSR count). The number of hydrogen-bond acceptors (Lipinski definition) is 5. The molecule has 0 saturated carbocycles. The van der Waals surface area contributed by atoms with Crippen molar-refractivity contribution in [3.63, 3.8) is 0 Å². The first kappa shape index (κ1) is 15.4. The predicted octanol–water partition coefficient (Wildman–Crippen LogP) is 3.17. The number of pyridine rings is 1. The maximum Gasteiger partial charge on any atom is 0.212 e. The lowest BCUT2D eigenvalue weighted by atomic mass is 10.0. The molecule has 0 N–H and O–H groups in total. The summed E-state index contributed by atoms with van der Waals surface area (Å²) in [6, 6.07) is 11.1. The minimum atomic E-state index is 0.507. The Kier molecular flexibility index (Phi) is 4.99. The maximum absolute atomic E-state index is 9.40. The zero-order valence-electron chi connectivity index (χ0n) is 12.7. The van der Waals surface area contributed by atoms with Gasteiger partial charge in [-0.15, -0.1) is 0 Å². The van der Waals surface area contributed by atoms with Gasteiger partial charge in [-0.1, -0.05) is 0 Å². The van der Waals surface area contributed by atoms with E-state index in [9.17, 15) is 5.26 Å². The zero-order chi connectivity index (χ0) is 15.9. The Balaban J connectivity index is 2.38. The van der Waals surface area contributed by atoms with Crippen LogP contribution in [0.3, 0.4) is 0 Å². The summed E-state index contributed by atoms with van der Waals surface area (Å²) in [7, 11) is 4.69. The molecule has 2 aromatic rings. The van der Waals surface area contributed by atoms with Crippen LogP contribution in [0.4, 0.5) is 0 Å². The third kappa shape index (κ3) is 3.36. The Labute approximate surface area is 129 Å². The number of methoxy groups -OCH3 is 3. The number of nitriles is 1. The highest BCUT2D eigenvalue weighted by atomic mass is 16.5. The maximum atomic E-state index is 9.40. The van der Waals surface area contributed by atoms with E-state index in [0.717, 1.165) is 11.1 Å². The van der Waals surface area contributed by atoms with E-state index in [4.69, 9.17) is 14.2 Å². The van der Waals surface area contributed by atoms with Gasteiger partial charge in [0.25, 0.3) is 0 Å². The molecule has 5 nitrogen and oxygen atoms in total. The summed E-state index contributed by atoms with van der Waals surface area (Å²) in [4.78, 5) is 4.12. The summed E-state index contributed by atoms with van der Waals surface area (Å²) < 4.78 is 15.5. The van der Waals surface area contributed by atoms with E-state index in [1.807, 2.05) is 12.1 Å². The van der Waals surface area contributed by atoms with Crippen molar-refractivity contribution in [2.75, 3.05) is 21.3 Å². The number of ether oxygens (including phenoxy) is 3. The molecule has 0 saturated heterocycles. The zero-order valence-corrected chi connectivity index (χ0v) is 12.7. The molecule has 1 heterocycles. The lowest BCUT2D eigenvalue weighted by molar-refractivity contribution is 0.355. The van der Waals surface area contributed by atoms with Crippen molar-refractivity contribution in [2.24, 2.45) is 0 Å². The van der Waals surface area contributed by atoms with E-state index < -0.39 is 0 Å². The van der Waals surface area contributed by atoms with Crippen molar-refractivity contribution in [3.05, 3.63) is 47.7 Å². The molecule has 112 valence electrons. The summed E-state index contributed by atoms with van der Waals surface area (Å²) in [5.41, 5.74) is 2.07. The van der Waals surface area contributed by atoms with Gasteiger partial charge in [0, 0.05) is 12.3 Å². The van der Waals surface area contributed by atoms with Crippen LogP contribution in [-0.4, -0.2) is 26.3 Å². The van der Waals surface area contributed by atoms with E-state index in [1.54, 1.807) is 51.8 Å². The van der Waals surface area contributed by atoms with Gasteiger partial charge in [-0.2, -0.15) is 5.26 Å². The molecule has 0 spiro atoms. The van der Waals surface area contributed by atoms with Gasteiger partial charge in [-0.25, -0.2) is 4.98 Å². The van der Waals surface area contributed by atoms with Crippen LogP contribution in [0.1, 0.15) is 11.1 Å². The molecular formula is C17H16N2O3. The molecule has 0 aliphatic rings. The molecule has 22 heavy (non-hydrogen) atoms. The van der Waals surface area contributed by atoms with Crippen molar-refractivity contribution in [2.45, 2.75) is 0 Å². The Morgan fingerprint density at radius 1 is 1.05 bits per heavy atom. The van der Waals surface area contributed by atoms with Gasteiger partial charge < -0.3 is 14.2 Å². The molecule has 0 atom stereocenters. The van der Waals surface area contributed by atoms with Crippen molar-refractivity contribution in [3.8, 4) is 23.4 Å². The highest BCUT2D eigenvalue weighted by Crippen LogP contribution is 2.30. The average Bonchev–Trinajstić information content (AvgIpc) is 2.59. The van der Waals surface area contributed by atoms with E-state index in [0.29, 0.717) is 23.0 Å². The summed E-state index contributed by atoms with van der Waals surface area (Å²) in [5.74, 6) is 1.73. The Morgan fingerprint density at radius 2 is 1.82 bits per heavy atom. The monoisotopic (exact) mass is 296 g/mol. The highest BCUT2D eigenvalue weighted by molar-refractivity contribution is 5.90. The molecule has 0 aliphatic heterocycles. The predicted molar refractivity (Wildman–Crippen MR) is 83.8 cm³/mol. The number of aromatic nitrogens is 1. The molecule has 0 fully saturated rings. The molecule has 0 aliphatic carbocycles. The van der Waals surface area contributed by atoms with Gasteiger partial charge in [0.1, 0.15) is 0 Å². The van der Waals surface area contributed by atoms with Crippen LogP contribution in [0.5, 0.6) is 17.4 Å². The average molecular weight is 296 g/mol. The minimum absolute atomic E-state index is 0.507. The second-order valence-corrected chi connectivity index (χ2v) is 4.37. The standard InChI is InChI=1S/C17H16N2O3/c1-20-15-6-5-13(9-16(15)21-2)14(10-18)8-12-4-7-17(22-3)19-11-12/h4-9,11H,1-3H3/b14-8+. The summed E-state index contributed by atoms with van der Waals surface area (Å²) in [5, 5.41) is 9.40. The highest BCUT2D eigenvalue weighted by Gasteiger charge is 2.08. The minimum Gasteiger partial charge on any atom is -0.493 e. The number of rotatable bonds is 5. The quantitative estimate of drug-likeness (QED) is 0.793. The second kappa shape index (κ2) is 7.14. The van der Waals surface area contributed by atoms with Gasteiger partial charge in [-0.05, 0) is 41.5 Å². The van der Waals surface area contributed by atoms with Gasteiger partial charge in [-0.3, -0.25) is 0 Å². The van der Waals surface area contributed by atoms with Crippen LogP contribution >= 0.6 is 0 Å². The second-order valence-electron chi connectivity index (χ2n) is 4.37. The first-order valence-corrected chi connectivity index (χ1v) is 6.56. The molecule has 0 amide bonds. The van der Waals surface area contributed by atoms with Crippen LogP contribution in [0.15, 0.2) is 36.5 Å². The Bertz CT molecular complexity index is 716. The van der Waals surface area contributed by atoms with Crippen LogP contribution in [0.25, 0.3) is 11.6 Å². The van der Waals surface area contributed by atoms with Crippen LogP contribution in [0.2, 0.25) is 0 Å². The van der Waals surface area contributed by atoms with Gasteiger partial charge in [0.2, 0.25) is 5.88 Å². The third-order valence-electron chi connectivity index (χ3n) is 3.09. The Hall–Kier alpha value is -3.00. The fourth-order valence-corrected chi connectivity index (χ4v) is 1.95. The van der Waals surface area contributed by atoms with Crippen molar-refractivity contribution < 1.29 is 14.2 Å². The van der Waals surface area contributed by atoms with Gasteiger partial charge in [0.15, 0.2) is 11.5 Å². The summed E-state index contributed by atoms with van der Waals surface area (Å²) >= 11 is 0. The molecule has 5 heteroatoms. The molecule has 0 radical (unpaired) electrons. The fraction of sp³-hybridized carbons (Fsp3) is 0.176.